The molecule has 2 aromatic carbocycles. The maximum Gasteiger partial charge on any atom is 0.335 e. The van der Waals surface area contributed by atoms with Gasteiger partial charge in [0.25, 0.3) is 5.91 Å². The van der Waals surface area contributed by atoms with Crippen molar-refractivity contribution >= 4 is 40.6 Å². The van der Waals surface area contributed by atoms with Gasteiger partial charge in [-0.3, -0.25) is 9.69 Å². The number of aromatic hydroxyl groups is 1. The molecule has 1 saturated heterocycles. The van der Waals surface area contributed by atoms with Crippen molar-refractivity contribution in [3.63, 3.8) is 0 Å². The van der Waals surface area contributed by atoms with Gasteiger partial charge < -0.3 is 14.9 Å². The van der Waals surface area contributed by atoms with E-state index < -0.39 is 5.97 Å². The van der Waals surface area contributed by atoms with Gasteiger partial charge in [-0.1, -0.05) is 12.1 Å². The van der Waals surface area contributed by atoms with Gasteiger partial charge in [0.2, 0.25) is 0 Å². The molecular weight excluding hydrogens is 404 g/mol. The Hall–Kier alpha value is -3.52. The number of aromatic carboxylic acids is 1. The highest BCUT2D eigenvalue weighted by Crippen LogP contribution is 2.36. The average molecular weight is 424 g/mol. The molecule has 0 aliphatic carbocycles. The van der Waals surface area contributed by atoms with Crippen LogP contribution in [0, 0.1) is 0 Å². The Morgan fingerprint density at radius 1 is 1.33 bits per heavy atom. The van der Waals surface area contributed by atoms with E-state index in [1.165, 1.54) is 35.9 Å². The number of phenols is 1. The van der Waals surface area contributed by atoms with Crippen LogP contribution in [0.25, 0.3) is 6.08 Å². The number of hydrogen-bond donors (Lipinski definition) is 2. The summed E-state index contributed by atoms with van der Waals surface area (Å²) in [6.07, 6.45) is 3.83. The summed E-state index contributed by atoms with van der Waals surface area (Å²) in [7, 11) is 3.07. The first-order valence-corrected chi connectivity index (χ1v) is 9.76. The fraction of sp³-hybridized carbons (Fsp3) is 0.136. The van der Waals surface area contributed by atoms with E-state index in [9.17, 15) is 14.7 Å². The van der Waals surface area contributed by atoms with Crippen LogP contribution in [-0.2, 0) is 11.2 Å². The van der Waals surface area contributed by atoms with E-state index in [-0.39, 0.29) is 17.2 Å². The Bertz CT molecular complexity index is 1090. The third-order valence-electron chi connectivity index (χ3n) is 4.38. The summed E-state index contributed by atoms with van der Waals surface area (Å²) in [4.78, 5) is 30.1. The van der Waals surface area contributed by atoms with Gasteiger partial charge in [0.05, 0.1) is 23.3 Å². The molecule has 1 aliphatic heterocycles. The Morgan fingerprint density at radius 2 is 2.10 bits per heavy atom. The van der Waals surface area contributed by atoms with Crippen molar-refractivity contribution in [3.05, 3.63) is 70.6 Å². The summed E-state index contributed by atoms with van der Waals surface area (Å²) >= 11 is 1.18. The van der Waals surface area contributed by atoms with Crippen LogP contribution in [0.15, 0.2) is 59.0 Å². The first-order valence-electron chi connectivity index (χ1n) is 8.94. The van der Waals surface area contributed by atoms with E-state index >= 15 is 0 Å². The Kier molecular flexibility index (Phi) is 6.27. The lowest BCUT2D eigenvalue weighted by Gasteiger charge is -2.09. The third-order valence-corrected chi connectivity index (χ3v) is 5.44. The molecule has 1 aliphatic rings. The van der Waals surface area contributed by atoms with Crippen molar-refractivity contribution in [2.75, 3.05) is 14.2 Å². The molecule has 3 rings (SSSR count). The molecule has 8 heteroatoms. The fourth-order valence-corrected chi connectivity index (χ4v) is 3.85. The maximum atomic E-state index is 12.7. The number of nitrogens with zero attached hydrogens (tertiary/aromatic N) is 2. The van der Waals surface area contributed by atoms with Gasteiger partial charge in [0, 0.05) is 12.6 Å². The summed E-state index contributed by atoms with van der Waals surface area (Å²) in [5.74, 6) is -0.921. The van der Waals surface area contributed by atoms with Gasteiger partial charge in [0.1, 0.15) is 0 Å². The van der Waals surface area contributed by atoms with Crippen molar-refractivity contribution in [2.45, 2.75) is 6.42 Å². The molecule has 1 heterocycles. The highest BCUT2D eigenvalue weighted by Gasteiger charge is 2.30. The number of aliphatic imine (C=N–C) groups is 1. The summed E-state index contributed by atoms with van der Waals surface area (Å²) in [5.41, 5.74) is 1.90. The first kappa shape index (κ1) is 21.2. The zero-order chi connectivity index (χ0) is 21.8. The quantitative estimate of drug-likeness (QED) is 0.536. The predicted molar refractivity (Wildman–Crippen MR) is 117 cm³/mol. The maximum absolute atomic E-state index is 12.7. The number of hydrogen-bond acceptors (Lipinski definition) is 6. The van der Waals surface area contributed by atoms with Crippen molar-refractivity contribution in [1.29, 1.82) is 0 Å². The van der Waals surface area contributed by atoms with Gasteiger partial charge in [-0.15, -0.1) is 6.58 Å². The van der Waals surface area contributed by atoms with Gasteiger partial charge in [-0.2, -0.15) is 0 Å². The second-order valence-corrected chi connectivity index (χ2v) is 7.46. The van der Waals surface area contributed by atoms with Gasteiger partial charge in [0.15, 0.2) is 16.7 Å². The lowest BCUT2D eigenvalue weighted by atomic mass is 10.1. The summed E-state index contributed by atoms with van der Waals surface area (Å²) < 4.78 is 5.23. The number of carbonyl (C=O) groups is 2. The standard InChI is InChI=1S/C22H20N2O5S/c1-4-6-14-9-13(10-17(29-3)19(14)25)11-18-20(26)24(2)22(30-18)23-16-8-5-7-15(12-16)21(27)28/h4-5,7-12,25H,1,6H2,2-3H3,(H,27,28)/b18-11+,23-22?. The molecule has 0 aromatic heterocycles. The molecule has 0 radical (unpaired) electrons. The lowest BCUT2D eigenvalue weighted by molar-refractivity contribution is -0.121. The number of carbonyl (C=O) groups excluding carboxylic acids is 1. The smallest absolute Gasteiger partial charge is 0.335 e. The molecule has 2 N–H and O–H groups in total. The van der Waals surface area contributed by atoms with Gasteiger partial charge >= 0.3 is 5.97 Å². The number of carboxylic acids is 1. The highest BCUT2D eigenvalue weighted by atomic mass is 32.2. The minimum atomic E-state index is -1.04. The minimum Gasteiger partial charge on any atom is -0.504 e. The van der Waals surface area contributed by atoms with Crippen LogP contribution in [-0.4, -0.2) is 46.3 Å². The molecule has 0 spiro atoms. The van der Waals surface area contributed by atoms with E-state index in [2.05, 4.69) is 11.6 Å². The zero-order valence-corrected chi connectivity index (χ0v) is 17.3. The SMILES string of the molecule is C=CCc1cc(/C=C2/SC(=Nc3cccc(C(=O)O)c3)N(C)C2=O)cc(OC)c1O. The Labute approximate surface area is 178 Å². The Balaban J connectivity index is 1.95. The molecule has 1 fully saturated rings. The average Bonchev–Trinajstić information content (AvgIpc) is 2.98. The van der Waals surface area contributed by atoms with Crippen LogP contribution in [0.1, 0.15) is 21.5 Å². The van der Waals surface area contributed by atoms with Crippen molar-refractivity contribution in [2.24, 2.45) is 4.99 Å². The van der Waals surface area contributed by atoms with E-state index in [0.717, 1.165) is 0 Å². The molecule has 1 amide bonds. The minimum absolute atomic E-state index is 0.0441. The number of phenolic OH excluding ortho intramolecular Hbond substituents is 1. The highest BCUT2D eigenvalue weighted by molar-refractivity contribution is 8.18. The van der Waals surface area contributed by atoms with Crippen molar-refractivity contribution in [3.8, 4) is 11.5 Å². The normalized spacial score (nSPS) is 16.3. The summed E-state index contributed by atoms with van der Waals surface area (Å²) in [6.45, 7) is 3.69. The van der Waals surface area contributed by atoms with E-state index in [0.29, 0.717) is 39.1 Å². The second-order valence-electron chi connectivity index (χ2n) is 6.45. The van der Waals surface area contributed by atoms with Crippen LogP contribution in [0.5, 0.6) is 11.5 Å². The summed E-state index contributed by atoms with van der Waals surface area (Å²) in [5, 5.41) is 19.8. The monoisotopic (exact) mass is 424 g/mol. The van der Waals surface area contributed by atoms with Crippen LogP contribution in [0.3, 0.4) is 0 Å². The van der Waals surface area contributed by atoms with Crippen LogP contribution < -0.4 is 4.74 Å². The van der Waals surface area contributed by atoms with Crippen LogP contribution in [0.2, 0.25) is 0 Å². The largest absolute Gasteiger partial charge is 0.504 e. The van der Waals surface area contributed by atoms with Crippen molar-refractivity contribution in [1.82, 2.24) is 4.90 Å². The Morgan fingerprint density at radius 3 is 2.77 bits per heavy atom. The third kappa shape index (κ3) is 4.38. The van der Waals surface area contributed by atoms with Gasteiger partial charge in [-0.05, 0) is 60.2 Å². The number of allylic oxidation sites excluding steroid dienone is 1. The van der Waals surface area contributed by atoms with Crippen LogP contribution >= 0.6 is 11.8 Å². The van der Waals surface area contributed by atoms with E-state index in [4.69, 9.17) is 9.84 Å². The fourth-order valence-electron chi connectivity index (χ4n) is 2.86. The second kappa shape index (κ2) is 8.87. The van der Waals surface area contributed by atoms with E-state index in [1.54, 1.807) is 43.5 Å². The number of ether oxygens (including phenoxy) is 1. The number of carboxylic acid groups (broad SMARTS) is 1. The molecule has 30 heavy (non-hydrogen) atoms. The molecule has 7 nitrogen and oxygen atoms in total. The number of thioether (sulfide) groups is 1. The number of benzene rings is 2. The topological polar surface area (TPSA) is 99.4 Å². The number of likely N-dealkylation sites (N-methyl/N-ethyl adjacent to an activating group) is 1. The molecule has 2 aromatic rings. The number of rotatable bonds is 6. The molecule has 0 bridgehead atoms. The molecule has 0 unspecified atom stereocenters. The number of amides is 1. The molecule has 0 atom stereocenters. The first-order chi connectivity index (χ1) is 14.3. The summed E-state index contributed by atoms with van der Waals surface area (Å²) in [6, 6.07) is 9.62. The number of methoxy groups -OCH3 is 1. The van der Waals surface area contributed by atoms with Gasteiger partial charge in [-0.25, -0.2) is 9.79 Å². The predicted octanol–water partition coefficient (Wildman–Crippen LogP) is 4.06. The molecule has 154 valence electrons. The number of amidine groups is 1. The van der Waals surface area contributed by atoms with E-state index in [1.807, 2.05) is 0 Å². The molecular formula is C22H20N2O5S. The zero-order valence-electron chi connectivity index (χ0n) is 16.5. The molecule has 0 saturated carbocycles. The lowest BCUT2D eigenvalue weighted by Crippen LogP contribution is -2.23. The van der Waals surface area contributed by atoms with Crippen LogP contribution in [0.4, 0.5) is 5.69 Å². The van der Waals surface area contributed by atoms with Crippen molar-refractivity contribution < 1.29 is 24.5 Å².